The summed E-state index contributed by atoms with van der Waals surface area (Å²) in [6.07, 6.45) is 0.562. The third-order valence-electron chi connectivity index (χ3n) is 3.88. The summed E-state index contributed by atoms with van der Waals surface area (Å²) in [6.45, 7) is 4.11. The van der Waals surface area contributed by atoms with Gasteiger partial charge in [-0.2, -0.15) is 4.98 Å². The topological polar surface area (TPSA) is 131 Å². The van der Waals surface area contributed by atoms with Crippen LogP contribution in [0.3, 0.4) is 0 Å². The van der Waals surface area contributed by atoms with Gasteiger partial charge in [-0.3, -0.25) is 4.57 Å². The Morgan fingerprint density at radius 2 is 1.96 bits per heavy atom. The molecule has 0 aliphatic carbocycles. The van der Waals surface area contributed by atoms with Crippen molar-refractivity contribution < 1.29 is 4.21 Å². The summed E-state index contributed by atoms with van der Waals surface area (Å²) in [7, 11) is -3.14. The van der Waals surface area contributed by atoms with Gasteiger partial charge in [-0.1, -0.05) is 36.8 Å². The molecule has 4 N–H and O–H groups in total. The zero-order valence-electron chi connectivity index (χ0n) is 14.1. The number of hydrogen-bond acceptors (Lipinski definition) is 6. The summed E-state index contributed by atoms with van der Waals surface area (Å²) in [6, 6.07) is 7.78. The number of H-pyrrole nitrogens is 1. The summed E-state index contributed by atoms with van der Waals surface area (Å²) in [5.74, 6) is 0.167. The van der Waals surface area contributed by atoms with Gasteiger partial charge in [0.05, 0.1) is 6.54 Å². The number of hydrogen-bond donors (Lipinski definition) is 3. The number of aromatic nitrogens is 4. The maximum atomic E-state index is 12.5. The van der Waals surface area contributed by atoms with E-state index < -0.39 is 9.73 Å². The summed E-state index contributed by atoms with van der Waals surface area (Å²) in [5.41, 5.74) is 8.14. The molecule has 0 aliphatic heterocycles. The van der Waals surface area contributed by atoms with Crippen molar-refractivity contribution in [1.82, 2.24) is 19.5 Å². The van der Waals surface area contributed by atoms with Crippen molar-refractivity contribution in [3.8, 4) is 0 Å². The van der Waals surface area contributed by atoms with E-state index in [1.165, 1.54) is 4.57 Å². The zero-order chi connectivity index (χ0) is 18.2. The van der Waals surface area contributed by atoms with Crippen molar-refractivity contribution in [3.05, 3.63) is 45.9 Å². The number of nitrogen functional groups attached to an aromatic ring is 1. The third kappa shape index (κ3) is 3.27. The Balaban J connectivity index is 2.15. The Kier molecular flexibility index (Phi) is 4.34. The number of benzene rings is 1. The first kappa shape index (κ1) is 17.2. The normalized spacial score (nSPS) is 13.8. The van der Waals surface area contributed by atoms with E-state index in [1.54, 1.807) is 0 Å². The lowest BCUT2D eigenvalue weighted by Gasteiger charge is -2.08. The first-order valence-corrected chi connectivity index (χ1v) is 9.62. The maximum Gasteiger partial charge on any atom is 0.328 e. The highest BCUT2D eigenvalue weighted by molar-refractivity contribution is 7.92. The second-order valence-corrected chi connectivity index (χ2v) is 8.10. The van der Waals surface area contributed by atoms with Gasteiger partial charge in [0.15, 0.2) is 11.5 Å². The van der Waals surface area contributed by atoms with Gasteiger partial charge in [-0.15, -0.1) is 0 Å². The molecule has 0 amide bonds. The summed E-state index contributed by atoms with van der Waals surface area (Å²) in [5, 5.41) is -0.129. The largest absolute Gasteiger partial charge is 0.382 e. The predicted molar refractivity (Wildman–Crippen MR) is 97.1 cm³/mol. The molecule has 0 fully saturated rings. The van der Waals surface area contributed by atoms with Gasteiger partial charge in [0.2, 0.25) is 5.16 Å². The monoisotopic (exact) mass is 360 g/mol. The molecule has 0 bridgehead atoms. The SMILES string of the molecule is CCC[S@@](=N)(=O)c1nc(N)c2[nH]c(=O)n(Cc3ccc(C)cc3)c2n1. The molecule has 25 heavy (non-hydrogen) atoms. The van der Waals surface area contributed by atoms with Crippen molar-refractivity contribution >= 4 is 26.7 Å². The van der Waals surface area contributed by atoms with Gasteiger partial charge < -0.3 is 10.7 Å². The van der Waals surface area contributed by atoms with Crippen molar-refractivity contribution in [3.63, 3.8) is 0 Å². The van der Waals surface area contributed by atoms with E-state index in [1.807, 2.05) is 38.1 Å². The number of nitrogens with one attached hydrogen (secondary N) is 2. The molecule has 2 heterocycles. The number of anilines is 1. The minimum atomic E-state index is -3.14. The number of nitrogens with zero attached hydrogens (tertiary/aromatic N) is 3. The highest BCUT2D eigenvalue weighted by atomic mass is 32.2. The number of aromatic amines is 1. The zero-order valence-corrected chi connectivity index (χ0v) is 14.9. The molecule has 0 radical (unpaired) electrons. The molecule has 3 rings (SSSR count). The quantitative estimate of drug-likeness (QED) is 0.598. The van der Waals surface area contributed by atoms with Crippen LogP contribution in [0.5, 0.6) is 0 Å². The predicted octanol–water partition coefficient (Wildman–Crippen LogP) is 1.87. The summed E-state index contributed by atoms with van der Waals surface area (Å²) in [4.78, 5) is 23.2. The smallest absolute Gasteiger partial charge is 0.328 e. The van der Waals surface area contributed by atoms with Crippen LogP contribution in [0.4, 0.5) is 5.82 Å². The maximum absolute atomic E-state index is 12.5. The van der Waals surface area contributed by atoms with Crippen LogP contribution < -0.4 is 11.4 Å². The van der Waals surface area contributed by atoms with Crippen LogP contribution in [-0.4, -0.2) is 29.5 Å². The lowest BCUT2D eigenvalue weighted by molar-refractivity contribution is 0.665. The Labute approximate surface area is 145 Å². The molecule has 1 atom stereocenters. The van der Waals surface area contributed by atoms with E-state index in [2.05, 4.69) is 15.0 Å². The van der Waals surface area contributed by atoms with Crippen molar-refractivity contribution in [2.24, 2.45) is 0 Å². The molecule has 0 saturated heterocycles. The summed E-state index contributed by atoms with van der Waals surface area (Å²) >= 11 is 0. The molecule has 0 spiro atoms. The fraction of sp³-hybridized carbons (Fsp3) is 0.312. The molecular weight excluding hydrogens is 340 g/mol. The lowest BCUT2D eigenvalue weighted by Crippen LogP contribution is -2.18. The molecule has 2 aromatic heterocycles. The number of imidazole rings is 1. The Bertz CT molecular complexity index is 1080. The average molecular weight is 360 g/mol. The fourth-order valence-electron chi connectivity index (χ4n) is 2.58. The lowest BCUT2D eigenvalue weighted by atomic mass is 10.1. The third-order valence-corrected chi connectivity index (χ3v) is 5.63. The van der Waals surface area contributed by atoms with Crippen LogP contribution in [-0.2, 0) is 16.3 Å². The standard InChI is InChI=1S/C16H20N6O2S/c1-3-8-25(18,24)15-20-13(17)12-14(21-15)22(16(23)19-12)9-11-6-4-10(2)5-7-11/h4-7,18H,3,8-9H2,1-2H3,(H,19,23)(H2,17,20,21)/t25-/m1/s1. The van der Waals surface area contributed by atoms with E-state index in [0.29, 0.717) is 18.5 Å². The van der Waals surface area contributed by atoms with Gasteiger partial charge in [-0.05, 0) is 18.9 Å². The molecule has 132 valence electrons. The fourth-order valence-corrected chi connectivity index (χ4v) is 3.82. The second kappa shape index (κ2) is 6.32. The van der Waals surface area contributed by atoms with Crippen molar-refractivity contribution in [1.29, 1.82) is 4.78 Å². The Hall–Kier alpha value is -2.68. The highest BCUT2D eigenvalue weighted by Crippen LogP contribution is 2.19. The average Bonchev–Trinajstić information content (AvgIpc) is 2.86. The molecule has 0 saturated carbocycles. The number of nitrogens with two attached hydrogens (primary N) is 1. The van der Waals surface area contributed by atoms with Crippen molar-refractivity contribution in [2.75, 3.05) is 11.5 Å². The van der Waals surface area contributed by atoms with Crippen LogP contribution in [0.2, 0.25) is 0 Å². The molecule has 3 aromatic rings. The minimum Gasteiger partial charge on any atom is -0.382 e. The molecule has 1 aromatic carbocycles. The van der Waals surface area contributed by atoms with E-state index in [-0.39, 0.29) is 28.1 Å². The van der Waals surface area contributed by atoms with Crippen LogP contribution in [0, 0.1) is 11.7 Å². The first-order chi connectivity index (χ1) is 11.8. The number of aryl methyl sites for hydroxylation is 1. The molecule has 8 nitrogen and oxygen atoms in total. The molecular formula is C16H20N6O2S. The van der Waals surface area contributed by atoms with Gasteiger partial charge >= 0.3 is 5.69 Å². The highest BCUT2D eigenvalue weighted by Gasteiger charge is 2.19. The van der Waals surface area contributed by atoms with E-state index >= 15 is 0 Å². The van der Waals surface area contributed by atoms with Crippen LogP contribution in [0.15, 0.2) is 34.2 Å². The van der Waals surface area contributed by atoms with Gasteiger partial charge in [0, 0.05) is 5.75 Å². The van der Waals surface area contributed by atoms with Crippen LogP contribution in [0.1, 0.15) is 24.5 Å². The minimum absolute atomic E-state index is 0.0239. The second-order valence-electron chi connectivity index (χ2n) is 5.97. The van der Waals surface area contributed by atoms with Crippen LogP contribution >= 0.6 is 0 Å². The van der Waals surface area contributed by atoms with Gasteiger partial charge in [0.25, 0.3) is 0 Å². The Morgan fingerprint density at radius 3 is 2.60 bits per heavy atom. The molecule has 0 aliphatic rings. The van der Waals surface area contributed by atoms with Gasteiger partial charge in [-0.25, -0.2) is 18.8 Å². The van der Waals surface area contributed by atoms with Crippen LogP contribution in [0.25, 0.3) is 11.2 Å². The van der Waals surface area contributed by atoms with E-state index in [4.69, 9.17) is 10.5 Å². The first-order valence-electron chi connectivity index (χ1n) is 7.90. The summed E-state index contributed by atoms with van der Waals surface area (Å²) < 4.78 is 21.9. The Morgan fingerprint density at radius 1 is 1.28 bits per heavy atom. The van der Waals surface area contributed by atoms with E-state index in [9.17, 15) is 9.00 Å². The number of rotatable bonds is 5. The van der Waals surface area contributed by atoms with Crippen molar-refractivity contribution in [2.45, 2.75) is 32.0 Å². The molecule has 0 unspecified atom stereocenters. The van der Waals surface area contributed by atoms with E-state index in [0.717, 1.165) is 11.1 Å². The number of fused-ring (bicyclic) bond motifs is 1. The molecule has 9 heteroatoms. The van der Waals surface area contributed by atoms with Gasteiger partial charge in [0.1, 0.15) is 15.2 Å².